The van der Waals surface area contributed by atoms with Crippen molar-refractivity contribution in [3.63, 3.8) is 0 Å². The molecule has 0 bridgehead atoms. The summed E-state index contributed by atoms with van der Waals surface area (Å²) < 4.78 is 5.77. The number of amides is 1. The Morgan fingerprint density at radius 3 is 2.48 bits per heavy atom. The van der Waals surface area contributed by atoms with Crippen molar-refractivity contribution in [3.8, 4) is 0 Å². The largest absolute Gasteiger partial charge is 0.371 e. The average Bonchev–Trinajstić information content (AvgIpc) is 2.48. The maximum atomic E-state index is 12.0. The molecule has 4 nitrogen and oxygen atoms in total. The van der Waals surface area contributed by atoms with Gasteiger partial charge in [0.1, 0.15) is 0 Å². The molecule has 0 heterocycles. The number of halogens is 1. The first-order chi connectivity index (χ1) is 10.2. The fourth-order valence-electron chi connectivity index (χ4n) is 1.95. The van der Waals surface area contributed by atoms with Crippen LogP contribution in [0, 0.1) is 5.92 Å². The zero-order valence-electron chi connectivity index (χ0n) is 14.9. The molecule has 0 aromatic heterocycles. The molecule has 1 rings (SSSR count). The van der Waals surface area contributed by atoms with Crippen molar-refractivity contribution in [3.05, 3.63) is 35.4 Å². The monoisotopic (exact) mass is 342 g/mol. The molecule has 0 saturated carbocycles. The number of nitrogens with one attached hydrogen (secondary N) is 1. The second-order valence-corrected chi connectivity index (χ2v) is 6.85. The summed E-state index contributed by atoms with van der Waals surface area (Å²) in [5.41, 5.74) is 7.93. The van der Waals surface area contributed by atoms with E-state index in [1.165, 1.54) is 0 Å². The number of benzene rings is 1. The third kappa shape index (κ3) is 8.35. The van der Waals surface area contributed by atoms with E-state index in [4.69, 9.17) is 10.5 Å². The highest BCUT2D eigenvalue weighted by Crippen LogP contribution is 2.13. The minimum Gasteiger partial charge on any atom is -0.371 e. The molecule has 3 N–H and O–H groups in total. The third-order valence-corrected chi connectivity index (χ3v) is 3.69. The molecular weight excluding hydrogens is 312 g/mol. The zero-order chi connectivity index (χ0) is 16.8. The molecule has 0 fully saturated rings. The number of hydrogen-bond acceptors (Lipinski definition) is 3. The van der Waals surface area contributed by atoms with Gasteiger partial charge in [0.05, 0.1) is 18.2 Å². The first-order valence-corrected chi connectivity index (χ1v) is 7.98. The lowest BCUT2D eigenvalue weighted by Crippen LogP contribution is -2.44. The smallest absolute Gasteiger partial charge is 0.237 e. The number of hydrogen-bond donors (Lipinski definition) is 2. The Morgan fingerprint density at radius 1 is 1.30 bits per heavy atom. The number of carbonyl (C=O) groups is 1. The van der Waals surface area contributed by atoms with Crippen molar-refractivity contribution in [2.45, 2.75) is 65.8 Å². The Hall–Kier alpha value is -1.10. The van der Waals surface area contributed by atoms with Crippen LogP contribution in [0.2, 0.25) is 0 Å². The van der Waals surface area contributed by atoms with Gasteiger partial charge in [-0.3, -0.25) is 4.79 Å². The highest BCUT2D eigenvalue weighted by atomic mass is 35.5. The maximum Gasteiger partial charge on any atom is 0.237 e. The third-order valence-electron chi connectivity index (χ3n) is 3.69. The van der Waals surface area contributed by atoms with Crippen LogP contribution in [0.15, 0.2) is 24.3 Å². The lowest BCUT2D eigenvalue weighted by Gasteiger charge is -2.20. The van der Waals surface area contributed by atoms with Crippen LogP contribution in [-0.4, -0.2) is 17.6 Å². The Kier molecular flexibility index (Phi) is 9.44. The number of ether oxygens (including phenoxy) is 1. The maximum absolute atomic E-state index is 12.0. The molecular formula is C18H31ClN2O2. The first-order valence-electron chi connectivity index (χ1n) is 7.98. The standard InChI is InChI=1S/C18H30N2O2.ClH/c1-6-13(2)16(19)17(21)20-11-14-8-7-9-15(10-14)12-22-18(3,4)5;/h7-10,13,16H,6,11-12,19H2,1-5H3,(H,20,21);1H. The summed E-state index contributed by atoms with van der Waals surface area (Å²) in [7, 11) is 0. The lowest BCUT2D eigenvalue weighted by molar-refractivity contribution is -0.123. The average molecular weight is 343 g/mol. The van der Waals surface area contributed by atoms with Gasteiger partial charge in [-0.2, -0.15) is 0 Å². The van der Waals surface area contributed by atoms with Crippen LogP contribution in [0.5, 0.6) is 0 Å². The van der Waals surface area contributed by atoms with Gasteiger partial charge in [-0.05, 0) is 37.8 Å². The van der Waals surface area contributed by atoms with Crippen LogP contribution in [0.1, 0.15) is 52.2 Å². The van der Waals surface area contributed by atoms with Gasteiger partial charge in [0, 0.05) is 6.54 Å². The normalized spacial score (nSPS) is 13.8. The predicted octanol–water partition coefficient (Wildman–Crippen LogP) is 3.41. The number of rotatable bonds is 7. The van der Waals surface area contributed by atoms with Gasteiger partial charge in [0.2, 0.25) is 5.91 Å². The van der Waals surface area contributed by atoms with Crippen molar-refractivity contribution >= 4 is 18.3 Å². The molecule has 0 saturated heterocycles. The summed E-state index contributed by atoms with van der Waals surface area (Å²) in [6.45, 7) is 11.2. The zero-order valence-corrected chi connectivity index (χ0v) is 15.7. The van der Waals surface area contributed by atoms with E-state index < -0.39 is 6.04 Å². The second-order valence-electron chi connectivity index (χ2n) is 6.85. The van der Waals surface area contributed by atoms with Crippen molar-refractivity contribution in [2.75, 3.05) is 0 Å². The van der Waals surface area contributed by atoms with E-state index in [2.05, 4.69) is 11.4 Å². The fourth-order valence-corrected chi connectivity index (χ4v) is 1.95. The Bertz CT molecular complexity index is 486. The number of carbonyl (C=O) groups excluding carboxylic acids is 1. The first kappa shape index (κ1) is 21.9. The van der Waals surface area contributed by atoms with Gasteiger partial charge >= 0.3 is 0 Å². The summed E-state index contributed by atoms with van der Waals surface area (Å²) in [5.74, 6) is 0.0946. The molecule has 0 aliphatic rings. The molecule has 1 aromatic carbocycles. The summed E-state index contributed by atoms with van der Waals surface area (Å²) in [6.07, 6.45) is 0.897. The van der Waals surface area contributed by atoms with Crippen molar-refractivity contribution in [1.82, 2.24) is 5.32 Å². The van der Waals surface area contributed by atoms with E-state index in [1.807, 2.05) is 52.8 Å². The van der Waals surface area contributed by atoms with Crippen LogP contribution in [0.3, 0.4) is 0 Å². The molecule has 1 amide bonds. The van der Waals surface area contributed by atoms with Gasteiger partial charge in [-0.15, -0.1) is 12.4 Å². The molecule has 2 unspecified atom stereocenters. The lowest BCUT2D eigenvalue weighted by atomic mass is 9.99. The minimum atomic E-state index is -0.447. The van der Waals surface area contributed by atoms with Gasteiger partial charge in [0.25, 0.3) is 0 Å². The van der Waals surface area contributed by atoms with Crippen LogP contribution < -0.4 is 11.1 Å². The van der Waals surface area contributed by atoms with E-state index in [0.717, 1.165) is 17.5 Å². The topological polar surface area (TPSA) is 64.4 Å². The van der Waals surface area contributed by atoms with E-state index >= 15 is 0 Å². The van der Waals surface area contributed by atoms with Crippen molar-refractivity contribution < 1.29 is 9.53 Å². The number of nitrogens with two attached hydrogens (primary N) is 1. The SMILES string of the molecule is CCC(C)C(N)C(=O)NCc1cccc(COC(C)(C)C)c1.Cl. The second kappa shape index (κ2) is 9.91. The van der Waals surface area contributed by atoms with Crippen LogP contribution >= 0.6 is 12.4 Å². The minimum absolute atomic E-state index is 0. The summed E-state index contributed by atoms with van der Waals surface area (Å²) >= 11 is 0. The van der Waals surface area contributed by atoms with Crippen LogP contribution in [-0.2, 0) is 22.7 Å². The van der Waals surface area contributed by atoms with E-state index in [9.17, 15) is 4.79 Å². The molecule has 23 heavy (non-hydrogen) atoms. The summed E-state index contributed by atoms with van der Waals surface area (Å²) in [4.78, 5) is 12.0. The van der Waals surface area contributed by atoms with E-state index in [1.54, 1.807) is 0 Å². The molecule has 0 aliphatic carbocycles. The van der Waals surface area contributed by atoms with E-state index in [-0.39, 0.29) is 29.8 Å². The molecule has 132 valence electrons. The fraction of sp³-hybridized carbons (Fsp3) is 0.611. The highest BCUT2D eigenvalue weighted by molar-refractivity contribution is 5.85. The Labute approximate surface area is 146 Å². The Morgan fingerprint density at radius 2 is 1.91 bits per heavy atom. The predicted molar refractivity (Wildman–Crippen MR) is 97.5 cm³/mol. The molecule has 1 aromatic rings. The van der Waals surface area contributed by atoms with Crippen molar-refractivity contribution in [2.24, 2.45) is 11.7 Å². The van der Waals surface area contributed by atoms with Gasteiger partial charge in [-0.1, -0.05) is 44.5 Å². The molecule has 0 spiro atoms. The van der Waals surface area contributed by atoms with Crippen LogP contribution in [0.25, 0.3) is 0 Å². The highest BCUT2D eigenvalue weighted by Gasteiger charge is 2.18. The van der Waals surface area contributed by atoms with Gasteiger partial charge < -0.3 is 15.8 Å². The molecule has 0 aliphatic heterocycles. The van der Waals surface area contributed by atoms with Crippen LogP contribution in [0.4, 0.5) is 0 Å². The molecule has 5 heteroatoms. The summed E-state index contributed by atoms with van der Waals surface area (Å²) in [6, 6.07) is 7.62. The summed E-state index contributed by atoms with van der Waals surface area (Å²) in [5, 5.41) is 2.91. The molecule has 2 atom stereocenters. The van der Waals surface area contributed by atoms with Crippen molar-refractivity contribution in [1.29, 1.82) is 0 Å². The van der Waals surface area contributed by atoms with Gasteiger partial charge in [-0.25, -0.2) is 0 Å². The molecule has 0 radical (unpaired) electrons. The van der Waals surface area contributed by atoms with Gasteiger partial charge in [0.15, 0.2) is 0 Å². The Balaban J connectivity index is 0.00000484. The quantitative estimate of drug-likeness (QED) is 0.798. The van der Waals surface area contributed by atoms with E-state index in [0.29, 0.717) is 13.2 Å².